The molecule has 0 heterocycles. The molecule has 0 radical (unpaired) electrons. The molecule has 0 bridgehead atoms. The molecule has 1 aliphatic rings. The summed E-state index contributed by atoms with van der Waals surface area (Å²) in [6.45, 7) is 4.73. The quantitative estimate of drug-likeness (QED) is 0.859. The third-order valence-electron chi connectivity index (χ3n) is 4.67. The van der Waals surface area contributed by atoms with Crippen LogP contribution in [0.4, 0.5) is 4.39 Å². The van der Waals surface area contributed by atoms with E-state index in [-0.39, 0.29) is 5.82 Å². The number of hydrogen-bond acceptors (Lipinski definition) is 1. The van der Waals surface area contributed by atoms with Gasteiger partial charge in [0.25, 0.3) is 0 Å². The first kappa shape index (κ1) is 14.5. The Hall–Kier alpha value is -0.890. The molecule has 0 amide bonds. The van der Waals surface area contributed by atoms with Gasteiger partial charge >= 0.3 is 0 Å². The molecule has 106 valence electrons. The molecule has 1 fully saturated rings. The Bertz CT molecular complexity index is 403. The highest BCUT2D eigenvalue weighted by molar-refractivity contribution is 5.17. The van der Waals surface area contributed by atoms with Crippen LogP contribution in [0.5, 0.6) is 0 Å². The molecular weight excluding hydrogens is 237 g/mol. The molecule has 1 aromatic carbocycles. The first-order valence-corrected chi connectivity index (χ1v) is 7.42. The van der Waals surface area contributed by atoms with E-state index >= 15 is 0 Å². The standard InChI is InChI=1S/C17H26FN/c1-17(2)9-7-14(8-10-17)16(19-3)12-13-5-4-6-15(18)11-13/h4-6,11,14,16,19H,7-10,12H2,1-3H3. The number of nitrogens with one attached hydrogen (secondary N) is 1. The van der Waals surface area contributed by atoms with Crippen LogP contribution < -0.4 is 5.32 Å². The molecular formula is C17H26FN. The Morgan fingerprint density at radius 3 is 2.58 bits per heavy atom. The molecule has 1 nitrogen and oxygen atoms in total. The van der Waals surface area contributed by atoms with Crippen LogP contribution in [-0.2, 0) is 6.42 Å². The number of rotatable bonds is 4. The van der Waals surface area contributed by atoms with E-state index in [1.165, 1.54) is 31.7 Å². The van der Waals surface area contributed by atoms with Gasteiger partial charge in [-0.25, -0.2) is 4.39 Å². The molecule has 0 spiro atoms. The van der Waals surface area contributed by atoms with Crippen molar-refractivity contribution in [1.82, 2.24) is 5.32 Å². The maximum absolute atomic E-state index is 13.2. The highest BCUT2D eigenvalue weighted by Crippen LogP contribution is 2.39. The van der Waals surface area contributed by atoms with Crippen LogP contribution in [0.25, 0.3) is 0 Å². The number of hydrogen-bond donors (Lipinski definition) is 1. The minimum Gasteiger partial charge on any atom is -0.316 e. The lowest BCUT2D eigenvalue weighted by molar-refractivity contribution is 0.163. The van der Waals surface area contributed by atoms with Crippen molar-refractivity contribution in [2.75, 3.05) is 7.05 Å². The molecule has 2 heteroatoms. The fourth-order valence-electron chi connectivity index (χ4n) is 3.25. The summed E-state index contributed by atoms with van der Waals surface area (Å²) in [5.41, 5.74) is 1.61. The second kappa shape index (κ2) is 6.04. The van der Waals surface area contributed by atoms with E-state index in [1.54, 1.807) is 12.1 Å². The second-order valence-electron chi connectivity index (χ2n) is 6.73. The van der Waals surface area contributed by atoms with Crippen LogP contribution in [0.15, 0.2) is 24.3 Å². The summed E-state index contributed by atoms with van der Waals surface area (Å²) in [6.07, 6.45) is 6.11. The number of likely N-dealkylation sites (N-methyl/N-ethyl adjacent to an activating group) is 1. The average molecular weight is 263 g/mol. The van der Waals surface area contributed by atoms with Crippen LogP contribution in [-0.4, -0.2) is 13.1 Å². The van der Waals surface area contributed by atoms with Crippen molar-refractivity contribution in [1.29, 1.82) is 0 Å². The Morgan fingerprint density at radius 1 is 1.32 bits per heavy atom. The molecule has 1 N–H and O–H groups in total. The molecule has 1 atom stereocenters. The largest absolute Gasteiger partial charge is 0.316 e. The van der Waals surface area contributed by atoms with Crippen LogP contribution in [0.3, 0.4) is 0 Å². The summed E-state index contributed by atoms with van der Waals surface area (Å²) in [5, 5.41) is 3.44. The van der Waals surface area contributed by atoms with Crippen molar-refractivity contribution in [3.8, 4) is 0 Å². The van der Waals surface area contributed by atoms with E-state index in [4.69, 9.17) is 0 Å². The summed E-state index contributed by atoms with van der Waals surface area (Å²) in [5.74, 6) is 0.596. The third-order valence-corrected chi connectivity index (χ3v) is 4.67. The van der Waals surface area contributed by atoms with Gasteiger partial charge in [0, 0.05) is 6.04 Å². The number of halogens is 1. The fraction of sp³-hybridized carbons (Fsp3) is 0.647. The van der Waals surface area contributed by atoms with Crippen molar-refractivity contribution in [3.63, 3.8) is 0 Å². The van der Waals surface area contributed by atoms with Gasteiger partial charge in [-0.05, 0) is 68.2 Å². The van der Waals surface area contributed by atoms with Crippen LogP contribution >= 0.6 is 0 Å². The summed E-state index contributed by atoms with van der Waals surface area (Å²) in [7, 11) is 2.03. The van der Waals surface area contributed by atoms with Crippen LogP contribution in [0.2, 0.25) is 0 Å². The van der Waals surface area contributed by atoms with Gasteiger partial charge in [-0.2, -0.15) is 0 Å². The topological polar surface area (TPSA) is 12.0 Å². The van der Waals surface area contributed by atoms with Crippen molar-refractivity contribution in [2.45, 2.75) is 52.0 Å². The van der Waals surface area contributed by atoms with Gasteiger partial charge in [-0.1, -0.05) is 26.0 Å². The summed E-state index contributed by atoms with van der Waals surface area (Å²) in [6, 6.07) is 7.48. The highest BCUT2D eigenvalue weighted by atomic mass is 19.1. The normalized spacial score (nSPS) is 21.3. The van der Waals surface area contributed by atoms with Gasteiger partial charge in [0.2, 0.25) is 0 Å². The Morgan fingerprint density at radius 2 is 2.00 bits per heavy atom. The predicted octanol–water partition coefficient (Wildman–Crippen LogP) is 4.17. The highest BCUT2D eigenvalue weighted by Gasteiger charge is 2.30. The van der Waals surface area contributed by atoms with Gasteiger partial charge in [0.05, 0.1) is 0 Å². The predicted molar refractivity (Wildman–Crippen MR) is 78.7 cm³/mol. The summed E-state index contributed by atoms with van der Waals surface area (Å²) >= 11 is 0. The third kappa shape index (κ3) is 4.04. The van der Waals surface area contributed by atoms with E-state index < -0.39 is 0 Å². The van der Waals surface area contributed by atoms with E-state index in [2.05, 4.69) is 19.2 Å². The lowest BCUT2D eigenvalue weighted by Gasteiger charge is -2.38. The molecule has 1 aromatic rings. The maximum atomic E-state index is 13.2. The molecule has 0 saturated heterocycles. The smallest absolute Gasteiger partial charge is 0.123 e. The molecule has 19 heavy (non-hydrogen) atoms. The minimum atomic E-state index is -0.128. The maximum Gasteiger partial charge on any atom is 0.123 e. The second-order valence-corrected chi connectivity index (χ2v) is 6.73. The Labute approximate surface area is 116 Å². The SMILES string of the molecule is CNC(Cc1cccc(F)c1)C1CCC(C)(C)CC1. The number of benzene rings is 1. The molecule has 0 aromatic heterocycles. The molecule has 1 saturated carbocycles. The van der Waals surface area contributed by atoms with Crippen molar-refractivity contribution >= 4 is 0 Å². The summed E-state index contributed by atoms with van der Waals surface area (Å²) < 4.78 is 13.2. The summed E-state index contributed by atoms with van der Waals surface area (Å²) in [4.78, 5) is 0. The lowest BCUT2D eigenvalue weighted by Crippen LogP contribution is -2.38. The van der Waals surface area contributed by atoms with Gasteiger partial charge < -0.3 is 5.32 Å². The Kier molecular flexibility index (Phi) is 4.62. The van der Waals surface area contributed by atoms with Crippen LogP contribution in [0, 0.1) is 17.2 Å². The zero-order valence-corrected chi connectivity index (χ0v) is 12.4. The average Bonchev–Trinajstić information content (AvgIpc) is 2.36. The van der Waals surface area contributed by atoms with Gasteiger partial charge in [-0.3, -0.25) is 0 Å². The van der Waals surface area contributed by atoms with Crippen molar-refractivity contribution in [2.24, 2.45) is 11.3 Å². The van der Waals surface area contributed by atoms with Gasteiger partial charge in [0.15, 0.2) is 0 Å². The van der Waals surface area contributed by atoms with Gasteiger partial charge in [-0.15, -0.1) is 0 Å². The van der Waals surface area contributed by atoms with E-state index in [0.29, 0.717) is 11.5 Å². The van der Waals surface area contributed by atoms with E-state index in [1.807, 2.05) is 13.1 Å². The first-order valence-electron chi connectivity index (χ1n) is 7.42. The first-order chi connectivity index (χ1) is 9.00. The monoisotopic (exact) mass is 263 g/mol. The molecule has 1 aliphatic carbocycles. The van der Waals surface area contributed by atoms with Gasteiger partial charge in [0.1, 0.15) is 5.82 Å². The molecule has 1 unspecified atom stereocenters. The minimum absolute atomic E-state index is 0.128. The lowest BCUT2D eigenvalue weighted by atomic mass is 9.70. The van der Waals surface area contributed by atoms with Crippen molar-refractivity contribution in [3.05, 3.63) is 35.6 Å². The fourth-order valence-corrected chi connectivity index (χ4v) is 3.25. The van der Waals surface area contributed by atoms with E-state index in [9.17, 15) is 4.39 Å². The van der Waals surface area contributed by atoms with E-state index in [0.717, 1.165) is 17.9 Å². The zero-order chi connectivity index (χ0) is 13.9. The van der Waals surface area contributed by atoms with Crippen molar-refractivity contribution < 1.29 is 4.39 Å². The van der Waals surface area contributed by atoms with Crippen LogP contribution in [0.1, 0.15) is 45.1 Å². The zero-order valence-electron chi connectivity index (χ0n) is 12.4. The molecule has 0 aliphatic heterocycles. The molecule has 2 rings (SSSR count). The Balaban J connectivity index is 1.97.